The van der Waals surface area contributed by atoms with Gasteiger partial charge >= 0.3 is 0 Å². The number of halogens is 2. The molecule has 1 aromatic carbocycles. The molecule has 20 heavy (non-hydrogen) atoms. The fourth-order valence-corrected chi connectivity index (χ4v) is 1.74. The molecule has 0 bridgehead atoms. The molecule has 0 saturated carbocycles. The summed E-state index contributed by atoms with van der Waals surface area (Å²) in [6.07, 6.45) is 4.80. The van der Waals surface area contributed by atoms with Gasteiger partial charge in [-0.2, -0.15) is 4.98 Å². The lowest BCUT2D eigenvalue weighted by atomic mass is 10.3. The highest BCUT2D eigenvalue weighted by molar-refractivity contribution is 5.54. The largest absolute Gasteiger partial charge is 0.436 e. The van der Waals surface area contributed by atoms with Crippen LogP contribution in [-0.4, -0.2) is 14.4 Å². The molecule has 102 valence electrons. The molecule has 0 radical (unpaired) electrons. The van der Waals surface area contributed by atoms with Crippen molar-refractivity contribution in [1.29, 1.82) is 0 Å². The second-order valence-electron chi connectivity index (χ2n) is 3.94. The Bertz CT molecular complexity index is 753. The first-order valence-corrected chi connectivity index (χ1v) is 5.60. The molecule has 0 amide bonds. The van der Waals surface area contributed by atoms with E-state index in [2.05, 4.69) is 15.4 Å². The third kappa shape index (κ3) is 2.24. The zero-order valence-corrected chi connectivity index (χ0v) is 10.0. The Morgan fingerprint density at radius 2 is 1.95 bits per heavy atom. The molecule has 0 fully saturated rings. The molecule has 6 nitrogen and oxygen atoms in total. The number of rotatable bonds is 3. The van der Waals surface area contributed by atoms with E-state index in [1.807, 2.05) is 0 Å². The van der Waals surface area contributed by atoms with E-state index < -0.39 is 11.6 Å². The molecule has 3 rings (SSSR count). The molecule has 0 atom stereocenters. The van der Waals surface area contributed by atoms with Gasteiger partial charge in [-0.1, -0.05) is 0 Å². The van der Waals surface area contributed by atoms with Crippen LogP contribution in [-0.2, 0) is 0 Å². The zero-order chi connectivity index (χ0) is 14.1. The molecule has 0 unspecified atom stereocenters. The molecule has 0 saturated heterocycles. The summed E-state index contributed by atoms with van der Waals surface area (Å²) in [5, 5.41) is 0. The number of benzene rings is 1. The van der Waals surface area contributed by atoms with Gasteiger partial charge in [0.05, 0.1) is 6.20 Å². The van der Waals surface area contributed by atoms with E-state index in [0.717, 1.165) is 18.2 Å². The van der Waals surface area contributed by atoms with Crippen molar-refractivity contribution in [3.05, 3.63) is 48.4 Å². The predicted octanol–water partition coefficient (Wildman–Crippen LogP) is 2.09. The van der Waals surface area contributed by atoms with Crippen LogP contribution in [0.4, 0.5) is 14.6 Å². The van der Waals surface area contributed by atoms with E-state index >= 15 is 0 Å². The monoisotopic (exact) mass is 277 g/mol. The van der Waals surface area contributed by atoms with Crippen LogP contribution in [0.1, 0.15) is 0 Å². The summed E-state index contributed by atoms with van der Waals surface area (Å²) in [4.78, 5) is 8.11. The minimum absolute atomic E-state index is 0.0194. The van der Waals surface area contributed by atoms with Gasteiger partial charge in [0.1, 0.15) is 17.4 Å². The van der Waals surface area contributed by atoms with Crippen LogP contribution in [0.15, 0.2) is 36.8 Å². The average Bonchev–Trinajstić information content (AvgIpc) is 2.85. The minimum Gasteiger partial charge on any atom is -0.436 e. The van der Waals surface area contributed by atoms with Gasteiger partial charge < -0.3 is 10.2 Å². The van der Waals surface area contributed by atoms with E-state index in [1.165, 1.54) is 6.20 Å². The number of nitrogens with two attached hydrogens (primary N) is 1. The summed E-state index contributed by atoms with van der Waals surface area (Å²) in [6, 6.07) is 2.85. The van der Waals surface area contributed by atoms with Crippen molar-refractivity contribution < 1.29 is 13.5 Å². The number of hydrazine groups is 1. The van der Waals surface area contributed by atoms with Crippen molar-refractivity contribution in [3.63, 3.8) is 0 Å². The lowest BCUT2D eigenvalue weighted by Gasteiger charge is -2.08. The molecule has 3 aromatic rings. The number of nitrogen functional groups attached to an aromatic ring is 1. The van der Waals surface area contributed by atoms with E-state index in [-0.39, 0.29) is 11.6 Å². The molecule has 8 heteroatoms. The van der Waals surface area contributed by atoms with Crippen molar-refractivity contribution in [3.8, 4) is 11.6 Å². The Balaban J connectivity index is 2.07. The molecular weight excluding hydrogens is 268 g/mol. The number of imidazole rings is 1. The Kier molecular flexibility index (Phi) is 2.92. The van der Waals surface area contributed by atoms with Gasteiger partial charge in [-0.15, -0.1) is 0 Å². The molecule has 0 aliphatic carbocycles. The lowest BCUT2D eigenvalue weighted by molar-refractivity contribution is 0.454. The van der Waals surface area contributed by atoms with Gasteiger partial charge in [-0.25, -0.2) is 19.6 Å². The van der Waals surface area contributed by atoms with Crippen LogP contribution in [0.3, 0.4) is 0 Å². The quantitative estimate of drug-likeness (QED) is 0.566. The second-order valence-corrected chi connectivity index (χ2v) is 3.94. The van der Waals surface area contributed by atoms with Crippen LogP contribution in [0, 0.1) is 11.6 Å². The maximum Gasteiger partial charge on any atom is 0.265 e. The van der Waals surface area contributed by atoms with Gasteiger partial charge in [0, 0.05) is 30.6 Å². The van der Waals surface area contributed by atoms with Gasteiger partial charge in [0.15, 0.2) is 5.82 Å². The first-order valence-electron chi connectivity index (χ1n) is 5.60. The maximum absolute atomic E-state index is 13.1. The highest BCUT2D eigenvalue weighted by atomic mass is 19.1. The number of anilines is 1. The summed E-state index contributed by atoms with van der Waals surface area (Å²) in [5.74, 6) is 4.19. The number of aromatic nitrogens is 3. The normalized spacial score (nSPS) is 10.8. The predicted molar refractivity (Wildman–Crippen MR) is 67.2 cm³/mol. The van der Waals surface area contributed by atoms with Crippen molar-refractivity contribution in [2.75, 3.05) is 5.43 Å². The van der Waals surface area contributed by atoms with Gasteiger partial charge in [-0.05, 0) is 0 Å². The van der Waals surface area contributed by atoms with Crippen LogP contribution < -0.4 is 16.0 Å². The maximum atomic E-state index is 13.1. The SMILES string of the molecule is NNc1cn2ccnc2c(Oc2cc(F)cc(F)c2)n1. The first-order chi connectivity index (χ1) is 9.65. The molecule has 0 spiro atoms. The first kappa shape index (κ1) is 12.3. The number of fused-ring (bicyclic) bond motifs is 1. The Labute approximate surface area is 111 Å². The van der Waals surface area contributed by atoms with Crippen molar-refractivity contribution in [2.45, 2.75) is 0 Å². The fraction of sp³-hybridized carbons (Fsp3) is 0. The van der Waals surface area contributed by atoms with Crippen LogP contribution in [0.2, 0.25) is 0 Å². The summed E-state index contributed by atoms with van der Waals surface area (Å²) >= 11 is 0. The van der Waals surface area contributed by atoms with Crippen molar-refractivity contribution >= 4 is 11.5 Å². The molecule has 2 aromatic heterocycles. The summed E-state index contributed by atoms with van der Waals surface area (Å²) in [5.41, 5.74) is 2.77. The van der Waals surface area contributed by atoms with Crippen LogP contribution in [0.25, 0.3) is 5.65 Å². The van der Waals surface area contributed by atoms with E-state index in [1.54, 1.807) is 16.8 Å². The molecule has 3 N–H and O–H groups in total. The van der Waals surface area contributed by atoms with E-state index in [9.17, 15) is 8.78 Å². The summed E-state index contributed by atoms with van der Waals surface area (Å²) in [6.45, 7) is 0. The number of nitrogens with zero attached hydrogens (tertiary/aromatic N) is 3. The zero-order valence-electron chi connectivity index (χ0n) is 10.0. The summed E-state index contributed by atoms with van der Waals surface area (Å²) in [7, 11) is 0. The summed E-state index contributed by atoms with van der Waals surface area (Å²) < 4.78 is 33.3. The Morgan fingerprint density at radius 3 is 2.65 bits per heavy atom. The standard InChI is InChI=1S/C12H9F2N5O/c13-7-3-8(14)5-9(4-7)20-12-11-16-1-2-19(11)6-10(17-12)18-15/h1-6,18H,15H2. The van der Waals surface area contributed by atoms with Crippen molar-refractivity contribution in [2.24, 2.45) is 5.84 Å². The van der Waals surface area contributed by atoms with Gasteiger partial charge in [-0.3, -0.25) is 4.40 Å². The fourth-order valence-electron chi connectivity index (χ4n) is 1.74. The molecular formula is C12H9F2N5O. The van der Waals surface area contributed by atoms with E-state index in [0.29, 0.717) is 11.5 Å². The average molecular weight is 277 g/mol. The number of nitrogens with one attached hydrogen (secondary N) is 1. The van der Waals surface area contributed by atoms with Gasteiger partial charge in [0.25, 0.3) is 5.88 Å². The highest BCUT2D eigenvalue weighted by Gasteiger charge is 2.11. The van der Waals surface area contributed by atoms with Crippen LogP contribution in [0.5, 0.6) is 11.6 Å². The Morgan fingerprint density at radius 1 is 1.20 bits per heavy atom. The number of ether oxygens (including phenoxy) is 1. The second kappa shape index (κ2) is 4.74. The highest BCUT2D eigenvalue weighted by Crippen LogP contribution is 2.26. The van der Waals surface area contributed by atoms with Gasteiger partial charge in [0.2, 0.25) is 5.65 Å². The minimum atomic E-state index is -0.743. The van der Waals surface area contributed by atoms with Crippen molar-refractivity contribution in [1.82, 2.24) is 14.4 Å². The third-order valence-corrected chi connectivity index (χ3v) is 2.54. The number of hydrogen-bond donors (Lipinski definition) is 2. The number of hydrogen-bond acceptors (Lipinski definition) is 5. The smallest absolute Gasteiger partial charge is 0.265 e. The molecule has 0 aliphatic heterocycles. The van der Waals surface area contributed by atoms with E-state index in [4.69, 9.17) is 10.6 Å². The van der Waals surface area contributed by atoms with Crippen LogP contribution >= 0.6 is 0 Å². The third-order valence-electron chi connectivity index (χ3n) is 2.54. The molecule has 2 heterocycles. The lowest BCUT2D eigenvalue weighted by Crippen LogP contribution is -2.10. The topological polar surface area (TPSA) is 77.5 Å². The molecule has 0 aliphatic rings. The Hall–Kier alpha value is -2.74.